The summed E-state index contributed by atoms with van der Waals surface area (Å²) < 4.78 is 0. The zero-order chi connectivity index (χ0) is 25.2. The van der Waals surface area contributed by atoms with Crippen LogP contribution in [0.1, 0.15) is 38.7 Å². The molecule has 3 amide bonds. The van der Waals surface area contributed by atoms with Crippen molar-refractivity contribution in [2.45, 2.75) is 40.0 Å². The molecule has 3 heterocycles. The first-order chi connectivity index (χ1) is 17.4. The Morgan fingerprint density at radius 1 is 1.00 bits per heavy atom. The molecular weight excluding hydrogens is 452 g/mol. The summed E-state index contributed by atoms with van der Waals surface area (Å²) in [7, 11) is 0. The third kappa shape index (κ3) is 5.37. The van der Waals surface area contributed by atoms with Crippen LogP contribution in [0.25, 0.3) is 22.4 Å². The van der Waals surface area contributed by atoms with Crippen molar-refractivity contribution in [3.05, 3.63) is 54.6 Å². The number of carbonyl (C=O) groups is 2. The van der Waals surface area contributed by atoms with Crippen LogP contribution in [0.2, 0.25) is 0 Å². The smallest absolute Gasteiger partial charge is 0.321 e. The molecule has 0 bridgehead atoms. The van der Waals surface area contributed by atoms with Gasteiger partial charge in [-0.15, -0.1) is 0 Å². The lowest BCUT2D eigenvalue weighted by molar-refractivity contribution is -0.117. The maximum atomic E-state index is 12.9. The molecule has 0 unspecified atom stereocenters. The fourth-order valence-electron chi connectivity index (χ4n) is 4.61. The number of urea groups is 1. The molecule has 0 spiro atoms. The van der Waals surface area contributed by atoms with E-state index < -0.39 is 0 Å². The van der Waals surface area contributed by atoms with E-state index in [1.54, 1.807) is 12.3 Å². The third-order valence-electron chi connectivity index (χ3n) is 7.16. The van der Waals surface area contributed by atoms with E-state index in [-0.39, 0.29) is 17.9 Å². The highest BCUT2D eigenvalue weighted by Gasteiger charge is 2.30. The number of hydrogen-bond donors (Lipinski definition) is 2. The number of likely N-dealkylation sites (tertiary alicyclic amines) is 1. The predicted octanol–water partition coefficient (Wildman–Crippen LogP) is 5.37. The maximum absolute atomic E-state index is 12.9. The van der Waals surface area contributed by atoms with Gasteiger partial charge in [-0.2, -0.15) is 0 Å². The number of aromatic nitrogens is 3. The number of rotatable bonds is 6. The highest BCUT2D eigenvalue weighted by Crippen LogP contribution is 2.32. The molecule has 8 nitrogen and oxygen atoms in total. The molecule has 1 aliphatic heterocycles. The Kier molecular flexibility index (Phi) is 6.67. The Morgan fingerprint density at radius 2 is 1.81 bits per heavy atom. The molecule has 36 heavy (non-hydrogen) atoms. The van der Waals surface area contributed by atoms with Crippen molar-refractivity contribution in [2.24, 2.45) is 17.8 Å². The molecule has 186 valence electrons. The van der Waals surface area contributed by atoms with Crippen molar-refractivity contribution in [2.75, 3.05) is 23.7 Å². The molecule has 1 aromatic carbocycles. The first-order valence-electron chi connectivity index (χ1n) is 12.6. The van der Waals surface area contributed by atoms with Gasteiger partial charge in [0, 0.05) is 54.3 Å². The second kappa shape index (κ2) is 10.0. The number of amides is 3. The minimum atomic E-state index is -0.0541. The number of nitrogens with zero attached hydrogens (tertiary/aromatic N) is 4. The van der Waals surface area contributed by atoms with Crippen LogP contribution in [-0.2, 0) is 4.79 Å². The van der Waals surface area contributed by atoms with Crippen molar-refractivity contribution < 1.29 is 9.59 Å². The number of nitrogens with one attached hydrogen (secondary N) is 2. The van der Waals surface area contributed by atoms with E-state index in [0.29, 0.717) is 23.3 Å². The molecule has 8 heteroatoms. The van der Waals surface area contributed by atoms with Gasteiger partial charge in [0.2, 0.25) is 5.91 Å². The first kappa shape index (κ1) is 23.9. The molecule has 0 radical (unpaired) electrons. The fraction of sp³-hybridized carbons (Fsp3) is 0.393. The van der Waals surface area contributed by atoms with Gasteiger partial charge in [0.25, 0.3) is 0 Å². The second-order valence-corrected chi connectivity index (χ2v) is 10.2. The standard InChI is InChI=1S/C28H32N6O2/c1-17(2)20-8-9-34(15-20)28(36)32-23-7-4-18(3)24(11-23)21-10-22(14-29-13-21)25-12-26(31-16-30-25)33-27(35)19-5-6-19/h4,7,10-14,16-17,19-20H,5-6,8-9,15H2,1-3H3,(H,32,36)(H,30,31,33,35)/t20-/m1/s1. The molecular formula is C28H32N6O2. The van der Waals surface area contributed by atoms with Crippen molar-refractivity contribution >= 4 is 23.4 Å². The van der Waals surface area contributed by atoms with Gasteiger partial charge in [0.05, 0.1) is 5.69 Å². The first-order valence-corrected chi connectivity index (χ1v) is 12.6. The van der Waals surface area contributed by atoms with Crippen LogP contribution in [0, 0.1) is 24.7 Å². The van der Waals surface area contributed by atoms with Crippen LogP contribution in [0.3, 0.4) is 0 Å². The van der Waals surface area contributed by atoms with Gasteiger partial charge in [-0.25, -0.2) is 14.8 Å². The zero-order valence-corrected chi connectivity index (χ0v) is 21.0. The molecule has 2 fully saturated rings. The second-order valence-electron chi connectivity index (χ2n) is 10.2. The van der Waals surface area contributed by atoms with E-state index in [1.165, 1.54) is 6.33 Å². The highest BCUT2D eigenvalue weighted by molar-refractivity contribution is 5.93. The normalized spacial score (nSPS) is 17.3. The Hall–Kier alpha value is -3.81. The van der Waals surface area contributed by atoms with E-state index in [0.717, 1.165) is 60.3 Å². The highest BCUT2D eigenvalue weighted by atomic mass is 16.2. The van der Waals surface area contributed by atoms with Gasteiger partial charge in [-0.3, -0.25) is 9.78 Å². The zero-order valence-electron chi connectivity index (χ0n) is 21.0. The summed E-state index contributed by atoms with van der Waals surface area (Å²) in [6, 6.07) is 9.67. The minimum Gasteiger partial charge on any atom is -0.324 e. The lowest BCUT2D eigenvalue weighted by atomic mass is 9.95. The topological polar surface area (TPSA) is 100 Å². The van der Waals surface area contributed by atoms with Crippen molar-refractivity contribution in [3.8, 4) is 22.4 Å². The Morgan fingerprint density at radius 3 is 2.56 bits per heavy atom. The Labute approximate surface area is 211 Å². The fourth-order valence-corrected chi connectivity index (χ4v) is 4.61. The number of benzene rings is 1. The molecule has 1 saturated carbocycles. The maximum Gasteiger partial charge on any atom is 0.321 e. The van der Waals surface area contributed by atoms with Crippen LogP contribution in [0.4, 0.5) is 16.3 Å². The Balaban J connectivity index is 1.34. The molecule has 5 rings (SSSR count). The van der Waals surface area contributed by atoms with Gasteiger partial charge in [-0.05, 0) is 67.3 Å². The van der Waals surface area contributed by atoms with Gasteiger partial charge >= 0.3 is 6.03 Å². The van der Waals surface area contributed by atoms with E-state index >= 15 is 0 Å². The number of anilines is 2. The van der Waals surface area contributed by atoms with Crippen molar-refractivity contribution in [1.29, 1.82) is 0 Å². The Bertz CT molecular complexity index is 1290. The summed E-state index contributed by atoms with van der Waals surface area (Å²) >= 11 is 0. The number of aryl methyl sites for hydroxylation is 1. The molecule has 1 saturated heterocycles. The molecule has 2 aromatic heterocycles. The molecule has 1 aliphatic carbocycles. The number of hydrogen-bond acceptors (Lipinski definition) is 5. The number of pyridine rings is 1. The largest absolute Gasteiger partial charge is 0.324 e. The third-order valence-corrected chi connectivity index (χ3v) is 7.16. The molecule has 2 aliphatic rings. The predicted molar refractivity (Wildman–Crippen MR) is 140 cm³/mol. The van der Waals surface area contributed by atoms with E-state index in [1.807, 2.05) is 42.3 Å². The van der Waals surface area contributed by atoms with Crippen LogP contribution in [0.5, 0.6) is 0 Å². The average Bonchev–Trinajstić information content (AvgIpc) is 3.61. The van der Waals surface area contributed by atoms with Crippen LogP contribution in [0.15, 0.2) is 49.1 Å². The van der Waals surface area contributed by atoms with E-state index in [2.05, 4.69) is 39.4 Å². The quantitative estimate of drug-likeness (QED) is 0.490. The monoisotopic (exact) mass is 484 g/mol. The van der Waals surface area contributed by atoms with Crippen LogP contribution >= 0.6 is 0 Å². The average molecular weight is 485 g/mol. The van der Waals surface area contributed by atoms with Gasteiger partial charge < -0.3 is 15.5 Å². The lowest BCUT2D eigenvalue weighted by Crippen LogP contribution is -2.33. The molecule has 2 N–H and O–H groups in total. The van der Waals surface area contributed by atoms with Crippen LogP contribution < -0.4 is 10.6 Å². The SMILES string of the molecule is Cc1ccc(NC(=O)N2CC[C@@H](C(C)C)C2)cc1-c1cncc(-c2cc(NC(=O)C3CC3)ncn2)c1. The van der Waals surface area contributed by atoms with Crippen molar-refractivity contribution in [3.63, 3.8) is 0 Å². The van der Waals surface area contributed by atoms with Crippen LogP contribution in [-0.4, -0.2) is 44.9 Å². The molecule has 3 aromatic rings. The van der Waals surface area contributed by atoms with Gasteiger partial charge in [0.1, 0.15) is 12.1 Å². The minimum absolute atomic E-state index is 0.00895. The summed E-state index contributed by atoms with van der Waals surface area (Å²) in [6.07, 6.45) is 7.93. The van der Waals surface area contributed by atoms with Crippen molar-refractivity contribution in [1.82, 2.24) is 19.9 Å². The summed E-state index contributed by atoms with van der Waals surface area (Å²) in [4.78, 5) is 39.9. The van der Waals surface area contributed by atoms with Gasteiger partial charge in [0.15, 0.2) is 0 Å². The van der Waals surface area contributed by atoms with E-state index in [9.17, 15) is 9.59 Å². The van der Waals surface area contributed by atoms with E-state index in [4.69, 9.17) is 0 Å². The molecule has 1 atom stereocenters. The summed E-state index contributed by atoms with van der Waals surface area (Å²) in [5.74, 6) is 1.74. The summed E-state index contributed by atoms with van der Waals surface area (Å²) in [5.41, 5.74) is 5.24. The number of carbonyl (C=O) groups excluding carboxylic acids is 2. The van der Waals surface area contributed by atoms with Gasteiger partial charge in [-0.1, -0.05) is 19.9 Å². The lowest BCUT2D eigenvalue weighted by Gasteiger charge is -2.19. The summed E-state index contributed by atoms with van der Waals surface area (Å²) in [6.45, 7) is 8.06. The summed E-state index contributed by atoms with van der Waals surface area (Å²) in [5, 5.41) is 5.94.